The predicted molar refractivity (Wildman–Crippen MR) is 73.0 cm³/mol. The highest BCUT2D eigenvalue weighted by Gasteiger charge is 2.28. The number of nitrogens with zero attached hydrogens (tertiary/aromatic N) is 2. The molecule has 0 saturated carbocycles. The molecule has 0 aliphatic carbocycles. The molecule has 1 aromatic heterocycles. The molecule has 2 atom stereocenters. The lowest BCUT2D eigenvalue weighted by molar-refractivity contribution is 0.182. The van der Waals surface area contributed by atoms with E-state index in [-0.39, 0.29) is 0 Å². The summed E-state index contributed by atoms with van der Waals surface area (Å²) >= 11 is 3.35. The lowest BCUT2D eigenvalue weighted by Gasteiger charge is -2.20. The maximum absolute atomic E-state index is 11.6. The van der Waals surface area contributed by atoms with Gasteiger partial charge in [0, 0.05) is 13.4 Å². The fourth-order valence-electron chi connectivity index (χ4n) is 1.55. The number of rotatable bonds is 6. The average Bonchev–Trinajstić information content (AvgIpc) is 2.64. The maximum atomic E-state index is 11.6. The molecule has 1 heterocycles. The van der Waals surface area contributed by atoms with Crippen LogP contribution in [0.3, 0.4) is 0 Å². The zero-order chi connectivity index (χ0) is 13.9. The Bertz CT molecular complexity index is 500. The van der Waals surface area contributed by atoms with Crippen molar-refractivity contribution in [3.05, 3.63) is 16.4 Å². The van der Waals surface area contributed by atoms with Gasteiger partial charge in [0.1, 0.15) is 0 Å². The third kappa shape index (κ3) is 3.53. The van der Waals surface area contributed by atoms with Crippen LogP contribution in [0.5, 0.6) is 0 Å². The second kappa shape index (κ2) is 6.14. The molecule has 6 nitrogen and oxygen atoms in total. The minimum atomic E-state index is -3.20. The Morgan fingerprint density at radius 3 is 2.72 bits per heavy atom. The van der Waals surface area contributed by atoms with Crippen molar-refractivity contribution in [1.82, 2.24) is 9.78 Å². The minimum Gasteiger partial charge on any atom is -0.383 e. The van der Waals surface area contributed by atoms with Crippen molar-refractivity contribution in [2.75, 3.05) is 20.0 Å². The highest BCUT2D eigenvalue weighted by Crippen LogP contribution is 2.26. The molecule has 104 valence electrons. The molecule has 0 radical (unpaired) electrons. The molecule has 0 fully saturated rings. The normalized spacial score (nSPS) is 15.6. The molecule has 0 aliphatic heterocycles. The van der Waals surface area contributed by atoms with Gasteiger partial charge in [-0.15, -0.1) is 0 Å². The molecular weight excluding hydrogens is 322 g/mol. The van der Waals surface area contributed by atoms with Crippen LogP contribution in [-0.4, -0.2) is 43.4 Å². The first-order chi connectivity index (χ1) is 8.29. The molecule has 0 spiro atoms. The van der Waals surface area contributed by atoms with Gasteiger partial charge in [0.15, 0.2) is 9.84 Å². The molecule has 0 aliphatic rings. The third-order valence-corrected chi connectivity index (χ3v) is 5.09. The van der Waals surface area contributed by atoms with E-state index in [0.29, 0.717) is 23.3 Å². The van der Waals surface area contributed by atoms with E-state index < -0.39 is 21.1 Å². The Hall–Kier alpha value is -0.440. The summed E-state index contributed by atoms with van der Waals surface area (Å²) in [4.78, 5) is 0. The van der Waals surface area contributed by atoms with Gasteiger partial charge in [-0.25, -0.2) is 8.42 Å². The summed E-state index contributed by atoms with van der Waals surface area (Å²) in [6.07, 6.45) is 2.79. The molecule has 0 amide bonds. The van der Waals surface area contributed by atoms with E-state index in [1.54, 1.807) is 24.9 Å². The van der Waals surface area contributed by atoms with Crippen LogP contribution >= 0.6 is 15.9 Å². The number of nitrogens with two attached hydrogens (primary N) is 1. The smallest absolute Gasteiger partial charge is 0.151 e. The Morgan fingerprint density at radius 1 is 1.61 bits per heavy atom. The summed E-state index contributed by atoms with van der Waals surface area (Å²) in [7, 11) is -1.61. The zero-order valence-electron chi connectivity index (χ0n) is 10.6. The van der Waals surface area contributed by atoms with E-state index in [4.69, 9.17) is 10.5 Å². The van der Waals surface area contributed by atoms with E-state index >= 15 is 0 Å². The summed E-state index contributed by atoms with van der Waals surface area (Å²) in [5, 5.41) is 3.48. The third-order valence-electron chi connectivity index (χ3n) is 2.84. The van der Waals surface area contributed by atoms with Crippen molar-refractivity contribution in [2.24, 2.45) is 5.73 Å². The first kappa shape index (κ1) is 15.6. The fourth-order valence-corrected chi connectivity index (χ4v) is 2.77. The summed E-state index contributed by atoms with van der Waals surface area (Å²) in [6.45, 7) is 2.61. The monoisotopic (exact) mass is 339 g/mol. The Kier molecular flexibility index (Phi) is 5.32. The van der Waals surface area contributed by atoms with E-state index in [1.165, 1.54) is 6.26 Å². The molecule has 2 N–H and O–H groups in total. The largest absolute Gasteiger partial charge is 0.383 e. The van der Waals surface area contributed by atoms with E-state index in [1.807, 2.05) is 0 Å². The highest BCUT2D eigenvalue weighted by atomic mass is 79.9. The minimum absolute atomic E-state index is 0.487. The number of halogens is 1. The number of hydrogen-bond donors (Lipinski definition) is 1. The molecule has 0 aromatic carbocycles. The summed E-state index contributed by atoms with van der Waals surface area (Å²) in [6, 6.07) is -0.631. The fraction of sp³-hybridized carbons (Fsp3) is 0.700. The van der Waals surface area contributed by atoms with Gasteiger partial charge >= 0.3 is 0 Å². The van der Waals surface area contributed by atoms with Crippen LogP contribution < -0.4 is 5.73 Å². The van der Waals surface area contributed by atoms with Crippen LogP contribution in [0, 0.1) is 0 Å². The number of ether oxygens (including phenoxy) is 1. The van der Waals surface area contributed by atoms with Crippen LogP contribution in [-0.2, 0) is 21.1 Å². The van der Waals surface area contributed by atoms with Gasteiger partial charge in [-0.05, 0) is 22.9 Å². The van der Waals surface area contributed by atoms with Gasteiger partial charge in [-0.1, -0.05) is 0 Å². The number of hydrogen-bond acceptors (Lipinski definition) is 5. The van der Waals surface area contributed by atoms with Crippen molar-refractivity contribution < 1.29 is 13.2 Å². The van der Waals surface area contributed by atoms with Crippen LogP contribution in [0.1, 0.15) is 18.7 Å². The molecule has 2 unspecified atom stereocenters. The summed E-state index contributed by atoms with van der Waals surface area (Å²) in [5.41, 5.74) is 6.70. The molecule has 18 heavy (non-hydrogen) atoms. The van der Waals surface area contributed by atoms with Crippen LogP contribution in [0.4, 0.5) is 0 Å². The van der Waals surface area contributed by atoms with Gasteiger partial charge in [-0.2, -0.15) is 5.10 Å². The number of aromatic nitrogens is 2. The Balaban J connectivity index is 3.04. The second-order valence-electron chi connectivity index (χ2n) is 4.15. The summed E-state index contributed by atoms with van der Waals surface area (Å²) in [5.74, 6) is 0. The lowest BCUT2D eigenvalue weighted by Crippen LogP contribution is -2.32. The lowest BCUT2D eigenvalue weighted by atomic mass is 10.1. The van der Waals surface area contributed by atoms with E-state index in [2.05, 4.69) is 21.0 Å². The predicted octanol–water partition coefficient (Wildman–Crippen LogP) is 0.725. The van der Waals surface area contributed by atoms with E-state index in [0.717, 1.165) is 0 Å². The topological polar surface area (TPSA) is 87.2 Å². The van der Waals surface area contributed by atoms with Crippen molar-refractivity contribution in [3.8, 4) is 0 Å². The first-order valence-corrected chi connectivity index (χ1v) is 8.18. The maximum Gasteiger partial charge on any atom is 0.151 e. The highest BCUT2D eigenvalue weighted by molar-refractivity contribution is 9.10. The van der Waals surface area contributed by atoms with Crippen molar-refractivity contribution in [2.45, 2.75) is 24.8 Å². The van der Waals surface area contributed by atoms with Crippen LogP contribution in [0.25, 0.3) is 0 Å². The molecular formula is C10H18BrN3O3S. The average molecular weight is 340 g/mol. The van der Waals surface area contributed by atoms with Gasteiger partial charge < -0.3 is 10.5 Å². The van der Waals surface area contributed by atoms with Gasteiger partial charge in [0.05, 0.1) is 40.8 Å². The van der Waals surface area contributed by atoms with Crippen LogP contribution in [0.15, 0.2) is 10.7 Å². The molecule has 8 heteroatoms. The molecule has 0 saturated heterocycles. The molecule has 1 aromatic rings. The first-order valence-electron chi connectivity index (χ1n) is 5.43. The SMILES string of the molecule is COCCn1ncc(Br)c1C(N)C(C)S(C)(=O)=O. The Morgan fingerprint density at radius 2 is 2.22 bits per heavy atom. The van der Waals surface area contributed by atoms with Crippen molar-refractivity contribution >= 4 is 25.8 Å². The quantitative estimate of drug-likeness (QED) is 0.825. The van der Waals surface area contributed by atoms with E-state index in [9.17, 15) is 8.42 Å². The standard InChI is InChI=1S/C10H18BrN3O3S/c1-7(18(3,15)16)9(12)10-8(11)6-13-14(10)4-5-17-2/h6-7,9H,4-5,12H2,1-3H3. The van der Waals surface area contributed by atoms with Gasteiger partial charge in [-0.3, -0.25) is 4.68 Å². The van der Waals surface area contributed by atoms with Crippen molar-refractivity contribution in [1.29, 1.82) is 0 Å². The van der Waals surface area contributed by atoms with Crippen molar-refractivity contribution in [3.63, 3.8) is 0 Å². The van der Waals surface area contributed by atoms with Gasteiger partial charge in [0.2, 0.25) is 0 Å². The molecule has 0 bridgehead atoms. The number of methoxy groups -OCH3 is 1. The van der Waals surface area contributed by atoms with Crippen LogP contribution in [0.2, 0.25) is 0 Å². The second-order valence-corrected chi connectivity index (χ2v) is 7.41. The number of sulfone groups is 1. The van der Waals surface area contributed by atoms with Gasteiger partial charge in [0.25, 0.3) is 0 Å². The summed E-state index contributed by atoms with van der Waals surface area (Å²) < 4.78 is 30.5. The zero-order valence-corrected chi connectivity index (χ0v) is 13.0. The Labute approximate surface area is 116 Å². The molecule has 1 rings (SSSR count).